The van der Waals surface area contributed by atoms with Crippen molar-refractivity contribution in [3.63, 3.8) is 0 Å². The molecule has 2 heterocycles. The summed E-state index contributed by atoms with van der Waals surface area (Å²) in [5, 5.41) is 7.82. The lowest BCUT2D eigenvalue weighted by atomic mass is 10.2. The predicted molar refractivity (Wildman–Crippen MR) is 112 cm³/mol. The Morgan fingerprint density at radius 3 is 2.64 bits per heavy atom. The van der Waals surface area contributed by atoms with E-state index in [-0.39, 0.29) is 17.2 Å². The van der Waals surface area contributed by atoms with Gasteiger partial charge in [-0.1, -0.05) is 6.07 Å². The van der Waals surface area contributed by atoms with E-state index in [4.69, 9.17) is 0 Å². The summed E-state index contributed by atoms with van der Waals surface area (Å²) in [5.74, 6) is -0.356. The number of hydrogen-bond donors (Lipinski definition) is 1. The van der Waals surface area contributed by atoms with Gasteiger partial charge in [0.05, 0.1) is 10.2 Å². The first-order valence-corrected chi connectivity index (χ1v) is 9.72. The van der Waals surface area contributed by atoms with Crippen LogP contribution in [0.25, 0.3) is 20.8 Å². The van der Waals surface area contributed by atoms with Gasteiger partial charge in [0.15, 0.2) is 0 Å². The maximum atomic E-state index is 12.4. The highest BCUT2D eigenvalue weighted by Gasteiger charge is 2.11. The zero-order valence-corrected chi connectivity index (χ0v) is 16.3. The lowest BCUT2D eigenvalue weighted by Crippen LogP contribution is -2.25. The summed E-state index contributed by atoms with van der Waals surface area (Å²) in [6.07, 6.45) is 0. The van der Waals surface area contributed by atoms with E-state index in [1.54, 1.807) is 18.3 Å². The highest BCUT2D eigenvalue weighted by atomic mass is 32.1. The summed E-state index contributed by atoms with van der Waals surface area (Å²) >= 11 is 1.65. The Labute approximate surface area is 165 Å². The molecule has 0 fully saturated rings. The van der Waals surface area contributed by atoms with Crippen LogP contribution >= 0.6 is 11.3 Å². The van der Waals surface area contributed by atoms with Crippen molar-refractivity contribution >= 4 is 33.1 Å². The van der Waals surface area contributed by atoms with Crippen molar-refractivity contribution in [2.24, 2.45) is 0 Å². The predicted octanol–water partition coefficient (Wildman–Crippen LogP) is 4.10. The summed E-state index contributed by atoms with van der Waals surface area (Å²) < 4.78 is 2.41. The van der Waals surface area contributed by atoms with Crippen LogP contribution in [-0.2, 0) is 6.54 Å². The highest BCUT2D eigenvalue weighted by Crippen LogP contribution is 2.31. The fraction of sp³-hybridized carbons (Fsp3) is 0.143. The molecule has 0 radical (unpaired) electrons. The molecule has 6 nitrogen and oxygen atoms in total. The summed E-state index contributed by atoms with van der Waals surface area (Å²) in [5.41, 5.74) is 3.82. The minimum absolute atomic E-state index is 0.201. The number of benzene rings is 2. The smallest absolute Gasteiger partial charge is 0.276 e. The van der Waals surface area contributed by atoms with Crippen molar-refractivity contribution in [3.8, 4) is 10.6 Å². The van der Waals surface area contributed by atoms with Crippen molar-refractivity contribution in [1.82, 2.24) is 14.8 Å². The Bertz CT molecular complexity index is 1230. The van der Waals surface area contributed by atoms with Gasteiger partial charge in [-0.2, -0.15) is 5.10 Å². The molecule has 4 aromatic rings. The van der Waals surface area contributed by atoms with Crippen LogP contribution in [-0.4, -0.2) is 20.7 Å². The molecule has 0 aliphatic rings. The van der Waals surface area contributed by atoms with Crippen LogP contribution in [0.1, 0.15) is 23.0 Å². The first-order chi connectivity index (χ1) is 13.5. The van der Waals surface area contributed by atoms with Crippen LogP contribution in [0.3, 0.4) is 0 Å². The van der Waals surface area contributed by atoms with Gasteiger partial charge in [-0.3, -0.25) is 9.59 Å². The molecule has 1 amide bonds. The second-order valence-electron chi connectivity index (χ2n) is 6.39. The lowest BCUT2D eigenvalue weighted by molar-refractivity contribution is 0.102. The number of hydrogen-bond acceptors (Lipinski definition) is 5. The molecule has 0 spiro atoms. The van der Waals surface area contributed by atoms with Crippen molar-refractivity contribution in [2.45, 2.75) is 20.4 Å². The molecule has 0 bridgehead atoms. The molecule has 2 aromatic carbocycles. The molecule has 0 saturated heterocycles. The topological polar surface area (TPSA) is 76.9 Å². The second-order valence-corrected chi connectivity index (χ2v) is 7.42. The Morgan fingerprint density at radius 2 is 1.89 bits per heavy atom. The number of aromatic nitrogens is 3. The average molecular weight is 390 g/mol. The van der Waals surface area contributed by atoms with E-state index >= 15 is 0 Å². The molecule has 0 saturated carbocycles. The molecule has 7 heteroatoms. The molecular weight excluding hydrogens is 372 g/mol. The molecule has 140 valence electrons. The van der Waals surface area contributed by atoms with E-state index in [1.807, 2.05) is 30.3 Å². The van der Waals surface area contributed by atoms with Crippen molar-refractivity contribution in [1.29, 1.82) is 0 Å². The van der Waals surface area contributed by atoms with Crippen molar-refractivity contribution in [3.05, 3.63) is 76.2 Å². The average Bonchev–Trinajstić information content (AvgIpc) is 3.12. The van der Waals surface area contributed by atoms with Crippen LogP contribution in [0, 0.1) is 6.92 Å². The zero-order valence-electron chi connectivity index (χ0n) is 15.5. The van der Waals surface area contributed by atoms with Gasteiger partial charge in [0.25, 0.3) is 11.5 Å². The van der Waals surface area contributed by atoms with Gasteiger partial charge in [-0.05, 0) is 61.9 Å². The Hall–Kier alpha value is -3.32. The van der Waals surface area contributed by atoms with Gasteiger partial charge in [-0.15, -0.1) is 11.3 Å². The third kappa shape index (κ3) is 3.57. The largest absolute Gasteiger partial charge is 0.321 e. The van der Waals surface area contributed by atoms with E-state index in [2.05, 4.69) is 34.5 Å². The van der Waals surface area contributed by atoms with Gasteiger partial charge in [-0.25, -0.2) is 9.67 Å². The van der Waals surface area contributed by atoms with Crippen LogP contribution in [0.2, 0.25) is 0 Å². The fourth-order valence-electron chi connectivity index (χ4n) is 2.84. The van der Waals surface area contributed by atoms with E-state index in [1.165, 1.54) is 22.4 Å². The Kier molecular flexibility index (Phi) is 4.75. The van der Waals surface area contributed by atoms with Gasteiger partial charge in [0.2, 0.25) is 0 Å². The molecule has 1 N–H and O–H groups in total. The maximum absolute atomic E-state index is 12.4. The van der Waals surface area contributed by atoms with E-state index in [9.17, 15) is 9.59 Å². The summed E-state index contributed by atoms with van der Waals surface area (Å²) in [4.78, 5) is 28.7. The summed E-state index contributed by atoms with van der Waals surface area (Å²) in [7, 11) is 0. The normalized spacial score (nSPS) is 10.9. The van der Waals surface area contributed by atoms with Gasteiger partial charge in [0, 0.05) is 23.9 Å². The van der Waals surface area contributed by atoms with E-state index < -0.39 is 0 Å². The molecule has 28 heavy (non-hydrogen) atoms. The van der Waals surface area contributed by atoms with Crippen LogP contribution < -0.4 is 10.9 Å². The van der Waals surface area contributed by atoms with Crippen LogP contribution in [0.5, 0.6) is 0 Å². The summed E-state index contributed by atoms with van der Waals surface area (Å²) in [6, 6.07) is 16.5. The lowest BCUT2D eigenvalue weighted by Gasteiger charge is -2.07. The molecule has 4 rings (SSSR count). The van der Waals surface area contributed by atoms with Crippen molar-refractivity contribution < 1.29 is 4.79 Å². The third-order valence-electron chi connectivity index (χ3n) is 4.33. The number of rotatable bonds is 4. The number of carbonyl (C=O) groups excluding carboxylic acids is 1. The third-order valence-corrected chi connectivity index (χ3v) is 5.40. The number of carbonyl (C=O) groups is 1. The number of anilines is 1. The highest BCUT2D eigenvalue weighted by molar-refractivity contribution is 7.21. The quantitative estimate of drug-likeness (QED) is 0.569. The number of fused-ring (bicyclic) bond motifs is 1. The SMILES string of the molecule is CCn1nc(C(=O)Nc2ccc(-c3nc4ccc(C)cc4s3)cc2)ccc1=O. The minimum atomic E-state index is -0.356. The second kappa shape index (κ2) is 7.36. The number of amides is 1. The number of nitrogens with zero attached hydrogens (tertiary/aromatic N) is 3. The van der Waals surface area contributed by atoms with Crippen LogP contribution in [0.15, 0.2) is 59.4 Å². The zero-order chi connectivity index (χ0) is 19.7. The van der Waals surface area contributed by atoms with Gasteiger partial charge in [0.1, 0.15) is 10.7 Å². The molecule has 0 aliphatic heterocycles. The molecule has 0 atom stereocenters. The minimum Gasteiger partial charge on any atom is -0.321 e. The number of nitrogens with one attached hydrogen (secondary N) is 1. The Balaban J connectivity index is 1.54. The number of thiazole rings is 1. The molecule has 0 unspecified atom stereocenters. The van der Waals surface area contributed by atoms with E-state index in [0.29, 0.717) is 12.2 Å². The summed E-state index contributed by atoms with van der Waals surface area (Å²) in [6.45, 7) is 4.28. The molecule has 0 aliphatic carbocycles. The Morgan fingerprint density at radius 1 is 1.11 bits per heavy atom. The fourth-order valence-corrected chi connectivity index (χ4v) is 3.91. The monoisotopic (exact) mass is 390 g/mol. The van der Waals surface area contributed by atoms with Crippen molar-refractivity contribution in [2.75, 3.05) is 5.32 Å². The standard InChI is InChI=1S/C21H18N4O2S/c1-3-25-19(26)11-10-17(24-25)20(27)22-15-7-5-14(6-8-15)21-23-16-9-4-13(2)12-18(16)28-21/h4-12H,3H2,1-2H3,(H,22,27). The first-order valence-electron chi connectivity index (χ1n) is 8.90. The number of aryl methyl sites for hydroxylation is 2. The molecular formula is C21H18N4O2S. The van der Waals surface area contributed by atoms with Gasteiger partial charge >= 0.3 is 0 Å². The maximum Gasteiger partial charge on any atom is 0.276 e. The first kappa shape index (κ1) is 18.1. The van der Waals surface area contributed by atoms with Crippen LogP contribution in [0.4, 0.5) is 5.69 Å². The molecule has 2 aromatic heterocycles. The van der Waals surface area contributed by atoms with Gasteiger partial charge < -0.3 is 5.32 Å². The van der Waals surface area contributed by atoms with E-state index in [0.717, 1.165) is 20.8 Å².